The first-order valence-corrected chi connectivity index (χ1v) is 23.2. The topological polar surface area (TPSA) is 116 Å². The van der Waals surface area contributed by atoms with Crippen LogP contribution in [0.4, 0.5) is 0 Å². The third-order valence-corrected chi connectivity index (χ3v) is 13.4. The van der Waals surface area contributed by atoms with Crippen molar-refractivity contribution < 1.29 is 33.5 Å². The van der Waals surface area contributed by atoms with Crippen molar-refractivity contribution in [3.63, 3.8) is 0 Å². The molecule has 0 N–H and O–H groups in total. The zero-order valence-corrected chi connectivity index (χ0v) is 40.2. The molecule has 1 aliphatic rings. The molecule has 0 saturated carbocycles. The Bertz CT molecular complexity index is 4180. The van der Waals surface area contributed by atoms with Crippen molar-refractivity contribution >= 4 is 44.0 Å². The summed E-state index contributed by atoms with van der Waals surface area (Å²) >= 11 is 0. The molecule has 7 aromatic heterocycles. The van der Waals surface area contributed by atoms with E-state index in [0.29, 0.717) is 58.3 Å². The standard InChI is InChI=1S/C61H37N5O4.Ir/c67-60-51-31-38(34-64-55(51)47-17-9-27-62-58(47)69-60)20-19-37-29-44(22-21-39-32-52-56(65-35-39)48-18-10-28-63-59(48)70-61(52)68)57-50(30-37)45-15-7-8-16-46(45)53-36-66(57)54(43-13-5-2-6-14-43)33-49(53)42-25-23-41(24-26-42)40-11-3-1-4-12-40;/h1-13,15-16,23-36H,19-22H2;/q-2;+3. The molecule has 0 amide bonds. The van der Waals surface area contributed by atoms with E-state index >= 15 is 0 Å². The molecule has 10 heteroatoms. The van der Waals surface area contributed by atoms with Crippen LogP contribution in [0.25, 0.3) is 105 Å². The predicted molar refractivity (Wildman–Crippen MR) is 271 cm³/mol. The molecule has 12 aromatic rings. The van der Waals surface area contributed by atoms with Crippen LogP contribution in [0.5, 0.6) is 0 Å². The second kappa shape index (κ2) is 18.1. The summed E-state index contributed by atoms with van der Waals surface area (Å²) in [6.07, 6.45) is 11.6. The second-order valence-corrected chi connectivity index (χ2v) is 17.6. The number of aryl methyl sites for hydroxylation is 4. The van der Waals surface area contributed by atoms with Crippen molar-refractivity contribution in [2.24, 2.45) is 0 Å². The Balaban J connectivity index is 0.00000517. The zero-order valence-electron chi connectivity index (χ0n) is 37.8. The smallest absolute Gasteiger partial charge is 0.453 e. The quantitative estimate of drug-likeness (QED) is 0.0797. The number of rotatable bonds is 9. The summed E-state index contributed by atoms with van der Waals surface area (Å²) in [5.41, 5.74) is 16.6. The van der Waals surface area contributed by atoms with Crippen molar-refractivity contribution in [1.82, 2.24) is 19.9 Å². The van der Waals surface area contributed by atoms with Gasteiger partial charge in [0.15, 0.2) is 6.20 Å². The summed E-state index contributed by atoms with van der Waals surface area (Å²) in [5.74, 6) is 0. The van der Waals surface area contributed by atoms with Gasteiger partial charge in [0.25, 0.3) is 0 Å². The van der Waals surface area contributed by atoms with Crippen LogP contribution in [-0.2, 0) is 45.8 Å². The molecule has 0 atom stereocenters. The Morgan fingerprint density at radius 2 is 1.06 bits per heavy atom. The maximum absolute atomic E-state index is 13.3. The molecular weight excluding hydrogens is 1060 g/mol. The van der Waals surface area contributed by atoms with Gasteiger partial charge in [0.1, 0.15) is 17.1 Å². The molecule has 0 saturated heterocycles. The minimum atomic E-state index is -0.484. The molecule has 5 aromatic carbocycles. The van der Waals surface area contributed by atoms with Gasteiger partial charge in [0, 0.05) is 39.8 Å². The molecule has 0 aliphatic carbocycles. The van der Waals surface area contributed by atoms with Crippen LogP contribution < -0.4 is 15.8 Å². The molecule has 13 rings (SSSR count). The molecule has 0 fully saturated rings. The van der Waals surface area contributed by atoms with E-state index in [-0.39, 0.29) is 31.5 Å². The van der Waals surface area contributed by atoms with E-state index in [1.807, 2.05) is 42.7 Å². The fourth-order valence-corrected chi connectivity index (χ4v) is 10.0. The minimum absolute atomic E-state index is 0. The number of nitrogens with zero attached hydrogens (tertiary/aromatic N) is 5. The van der Waals surface area contributed by atoms with Crippen LogP contribution in [0.3, 0.4) is 0 Å². The third-order valence-electron chi connectivity index (χ3n) is 13.4. The van der Waals surface area contributed by atoms with Crippen LogP contribution in [0.2, 0.25) is 0 Å². The van der Waals surface area contributed by atoms with E-state index in [9.17, 15) is 9.59 Å². The van der Waals surface area contributed by atoms with Crippen molar-refractivity contribution in [2.45, 2.75) is 25.7 Å². The van der Waals surface area contributed by atoms with E-state index in [1.165, 1.54) is 5.56 Å². The van der Waals surface area contributed by atoms with Gasteiger partial charge < -0.3 is 28.8 Å². The zero-order chi connectivity index (χ0) is 46.7. The van der Waals surface area contributed by atoms with Crippen molar-refractivity contribution in [3.8, 4) is 61.5 Å². The first-order chi connectivity index (χ1) is 34.5. The average molecular weight is 1100 g/mol. The summed E-state index contributed by atoms with van der Waals surface area (Å²) in [5, 5.41) is 1.94. The summed E-state index contributed by atoms with van der Waals surface area (Å²) in [6, 6.07) is 60.0. The fourth-order valence-electron chi connectivity index (χ4n) is 10.0. The molecule has 71 heavy (non-hydrogen) atoms. The first-order valence-electron chi connectivity index (χ1n) is 23.2. The maximum atomic E-state index is 13.3. The van der Waals surface area contributed by atoms with Crippen LogP contribution >= 0.6 is 0 Å². The number of hydrogen-bond acceptors (Lipinski definition) is 8. The number of aromatic nitrogens is 5. The molecule has 0 unspecified atom stereocenters. The Hall–Kier alpha value is -8.56. The van der Waals surface area contributed by atoms with Crippen LogP contribution in [0, 0.1) is 18.2 Å². The fraction of sp³-hybridized carbons (Fsp3) is 0.0656. The summed E-state index contributed by atoms with van der Waals surface area (Å²) in [6.45, 7) is 0. The minimum Gasteiger partial charge on any atom is -0.453 e. The molecule has 2 bridgehead atoms. The molecular formula is C61H37IrN5O4+. The van der Waals surface area contributed by atoms with Crippen LogP contribution in [0.1, 0.15) is 22.3 Å². The van der Waals surface area contributed by atoms with Gasteiger partial charge in [0.05, 0.1) is 11.1 Å². The van der Waals surface area contributed by atoms with E-state index in [1.54, 1.807) is 24.5 Å². The summed E-state index contributed by atoms with van der Waals surface area (Å²) in [4.78, 5) is 44.5. The van der Waals surface area contributed by atoms with Gasteiger partial charge in [-0.05, 0) is 94.0 Å². The second-order valence-electron chi connectivity index (χ2n) is 17.6. The third kappa shape index (κ3) is 7.84. The Kier molecular flexibility index (Phi) is 11.1. The van der Waals surface area contributed by atoms with E-state index in [2.05, 4.69) is 142 Å². The van der Waals surface area contributed by atoms with Gasteiger partial charge in [0.2, 0.25) is 5.69 Å². The Labute approximate surface area is 420 Å². The largest absolute Gasteiger partial charge is 3.00 e. The average Bonchev–Trinajstić information content (AvgIpc) is 3.53. The first kappa shape index (κ1) is 43.7. The molecule has 338 valence electrons. The number of pyridine rings is 5. The van der Waals surface area contributed by atoms with E-state index in [0.717, 1.165) is 78.1 Å². The monoisotopic (exact) mass is 1100 g/mol. The van der Waals surface area contributed by atoms with Crippen molar-refractivity contribution in [1.29, 1.82) is 0 Å². The normalized spacial score (nSPS) is 11.6. The van der Waals surface area contributed by atoms with Gasteiger partial charge in [-0.1, -0.05) is 120 Å². The predicted octanol–water partition coefficient (Wildman–Crippen LogP) is 11.7. The van der Waals surface area contributed by atoms with Crippen LogP contribution in [-0.4, -0.2) is 19.9 Å². The van der Waals surface area contributed by atoms with E-state index in [4.69, 9.17) is 18.8 Å². The van der Waals surface area contributed by atoms with E-state index < -0.39 is 11.3 Å². The molecule has 9 nitrogen and oxygen atoms in total. The SMILES string of the molecule is O=c1oc2ncc[c-]c2c2ncc(CCc3cc(CCc4cnc5c(c4)c(=O)oc4ncc[c-]c45)c4c(c3)-c3ccccc3-c3c[n+]-4c(-c4[c-]cccc4)cc3-c3ccc(-c4ccccc4)cc3)cc12.[Ir+3]. The molecule has 0 radical (unpaired) electrons. The molecule has 1 aliphatic heterocycles. The van der Waals surface area contributed by atoms with Gasteiger partial charge in [-0.25, -0.2) is 14.2 Å². The van der Waals surface area contributed by atoms with Crippen molar-refractivity contribution in [2.75, 3.05) is 0 Å². The number of fused-ring (bicyclic) bond motifs is 13. The summed E-state index contributed by atoms with van der Waals surface area (Å²) in [7, 11) is 0. The number of hydrogen-bond donors (Lipinski definition) is 0. The van der Waals surface area contributed by atoms with Gasteiger partial charge in [-0.15, -0.1) is 54.6 Å². The maximum Gasteiger partial charge on any atom is 3.00 e. The van der Waals surface area contributed by atoms with Gasteiger partial charge >= 0.3 is 31.4 Å². The van der Waals surface area contributed by atoms with Gasteiger partial charge in [-0.2, -0.15) is 0 Å². The molecule has 8 heterocycles. The van der Waals surface area contributed by atoms with Crippen LogP contribution in [0.15, 0.2) is 195 Å². The van der Waals surface area contributed by atoms with Gasteiger partial charge in [-0.3, -0.25) is 0 Å². The molecule has 0 spiro atoms. The Morgan fingerprint density at radius 1 is 0.479 bits per heavy atom. The van der Waals surface area contributed by atoms with Crippen molar-refractivity contribution in [3.05, 3.63) is 238 Å². The summed E-state index contributed by atoms with van der Waals surface area (Å²) < 4.78 is 13.5. The Morgan fingerprint density at radius 3 is 1.70 bits per heavy atom. The number of benzene rings is 5.